The van der Waals surface area contributed by atoms with Gasteiger partial charge in [0.15, 0.2) is 0 Å². The van der Waals surface area contributed by atoms with Gasteiger partial charge in [0, 0.05) is 18.2 Å². The van der Waals surface area contributed by atoms with Gasteiger partial charge >= 0.3 is 5.97 Å². The van der Waals surface area contributed by atoms with Gasteiger partial charge in [-0.15, -0.1) is 0 Å². The second kappa shape index (κ2) is 7.97. The van der Waals surface area contributed by atoms with Crippen molar-refractivity contribution < 1.29 is 14.7 Å². The molecule has 4 nitrogen and oxygen atoms in total. The Bertz CT molecular complexity index is 714. The highest BCUT2D eigenvalue weighted by molar-refractivity contribution is 5.94. The summed E-state index contributed by atoms with van der Waals surface area (Å²) in [6, 6.07) is 19.1. The van der Waals surface area contributed by atoms with Crippen LogP contribution in [0.15, 0.2) is 60.7 Å². The zero-order valence-corrected chi connectivity index (χ0v) is 14.2. The molecule has 2 aromatic rings. The van der Waals surface area contributed by atoms with Gasteiger partial charge < -0.3 is 10.0 Å². The largest absolute Gasteiger partial charge is 0.481 e. The van der Waals surface area contributed by atoms with E-state index in [0.717, 1.165) is 24.8 Å². The molecule has 1 fully saturated rings. The average Bonchev–Trinajstić information content (AvgIpc) is 3.08. The van der Waals surface area contributed by atoms with Crippen LogP contribution in [0, 0.1) is 5.92 Å². The van der Waals surface area contributed by atoms with Gasteiger partial charge in [0.05, 0.1) is 6.42 Å². The van der Waals surface area contributed by atoms with Gasteiger partial charge in [-0.1, -0.05) is 55.0 Å². The minimum Gasteiger partial charge on any atom is -0.481 e. The number of carbonyl (C=O) groups is 2. The normalized spacial score (nSPS) is 19.5. The van der Waals surface area contributed by atoms with E-state index in [4.69, 9.17) is 0 Å². The predicted octanol–water partition coefficient (Wildman–Crippen LogP) is 3.97. The molecule has 25 heavy (non-hydrogen) atoms. The molecule has 3 rings (SSSR count). The lowest BCUT2D eigenvalue weighted by atomic mass is 9.96. The number of nitrogens with zero attached hydrogens (tertiary/aromatic N) is 1. The van der Waals surface area contributed by atoms with Crippen molar-refractivity contribution in [3.8, 4) is 0 Å². The molecule has 0 aliphatic heterocycles. The Kier molecular flexibility index (Phi) is 5.49. The van der Waals surface area contributed by atoms with Crippen molar-refractivity contribution >= 4 is 11.9 Å². The number of carboxylic acid groups (broad SMARTS) is 1. The standard InChI is InChI=1S/C21H23NO3/c23-20(24)14-18-12-7-13-19(18)22(15-16-8-3-1-4-9-16)21(25)17-10-5-2-6-11-17/h1-6,8-11,18-19H,7,12-15H2,(H,23,24)/t18-,19+/m1/s1. The van der Waals surface area contributed by atoms with Crippen molar-refractivity contribution in [2.45, 2.75) is 38.3 Å². The molecular formula is C21H23NO3. The Morgan fingerprint density at radius 2 is 1.60 bits per heavy atom. The third kappa shape index (κ3) is 4.27. The van der Waals surface area contributed by atoms with Crippen LogP contribution in [0.5, 0.6) is 0 Å². The minimum atomic E-state index is -0.788. The third-order valence-corrected chi connectivity index (χ3v) is 4.93. The molecule has 1 aliphatic rings. The van der Waals surface area contributed by atoms with Gasteiger partial charge in [0.2, 0.25) is 0 Å². The van der Waals surface area contributed by atoms with Gasteiger partial charge in [0.25, 0.3) is 5.91 Å². The maximum absolute atomic E-state index is 13.1. The molecule has 2 atom stereocenters. The van der Waals surface area contributed by atoms with E-state index < -0.39 is 5.97 Å². The second-order valence-corrected chi connectivity index (χ2v) is 6.64. The van der Waals surface area contributed by atoms with Crippen LogP contribution in [0.2, 0.25) is 0 Å². The van der Waals surface area contributed by atoms with E-state index in [1.165, 1.54) is 0 Å². The first-order valence-corrected chi connectivity index (χ1v) is 8.77. The third-order valence-electron chi connectivity index (χ3n) is 4.93. The molecule has 2 aromatic carbocycles. The predicted molar refractivity (Wildman–Crippen MR) is 96.1 cm³/mol. The smallest absolute Gasteiger partial charge is 0.303 e. The molecular weight excluding hydrogens is 314 g/mol. The number of hydrogen-bond acceptors (Lipinski definition) is 2. The SMILES string of the molecule is O=C(O)C[C@H]1CCC[C@@H]1N(Cc1ccccc1)C(=O)c1ccccc1. The van der Waals surface area contributed by atoms with E-state index in [2.05, 4.69) is 0 Å². The van der Waals surface area contributed by atoms with E-state index in [9.17, 15) is 14.7 Å². The molecule has 1 aliphatic carbocycles. The van der Waals surface area contributed by atoms with Crippen molar-refractivity contribution in [1.29, 1.82) is 0 Å². The fourth-order valence-corrected chi connectivity index (χ4v) is 3.76. The van der Waals surface area contributed by atoms with Gasteiger partial charge in [-0.3, -0.25) is 9.59 Å². The fourth-order valence-electron chi connectivity index (χ4n) is 3.76. The maximum atomic E-state index is 13.1. The first kappa shape index (κ1) is 17.2. The van der Waals surface area contributed by atoms with E-state index in [-0.39, 0.29) is 24.3 Å². The lowest BCUT2D eigenvalue weighted by Gasteiger charge is -2.33. The molecule has 0 radical (unpaired) electrons. The Morgan fingerprint density at radius 3 is 2.24 bits per heavy atom. The topological polar surface area (TPSA) is 57.6 Å². The summed E-state index contributed by atoms with van der Waals surface area (Å²) in [5, 5.41) is 9.22. The average molecular weight is 337 g/mol. The van der Waals surface area contributed by atoms with Crippen LogP contribution in [0.1, 0.15) is 41.6 Å². The Hall–Kier alpha value is -2.62. The van der Waals surface area contributed by atoms with E-state index in [1.54, 1.807) is 0 Å². The van der Waals surface area contributed by atoms with Crippen LogP contribution in [0.4, 0.5) is 0 Å². The molecule has 0 aromatic heterocycles. The van der Waals surface area contributed by atoms with Gasteiger partial charge in [-0.25, -0.2) is 0 Å². The summed E-state index contributed by atoms with van der Waals surface area (Å²) in [6.45, 7) is 0.509. The number of aliphatic carboxylic acids is 1. The summed E-state index contributed by atoms with van der Waals surface area (Å²) >= 11 is 0. The number of amides is 1. The number of hydrogen-bond donors (Lipinski definition) is 1. The van der Waals surface area contributed by atoms with Gasteiger partial charge in [0.1, 0.15) is 0 Å². The molecule has 0 unspecified atom stereocenters. The molecule has 1 saturated carbocycles. The van der Waals surface area contributed by atoms with Crippen LogP contribution in [-0.4, -0.2) is 27.9 Å². The summed E-state index contributed by atoms with van der Waals surface area (Å²) in [5.74, 6) is -0.788. The first-order valence-electron chi connectivity index (χ1n) is 8.77. The number of benzene rings is 2. The highest BCUT2D eigenvalue weighted by Gasteiger charge is 2.36. The minimum absolute atomic E-state index is 0.0215. The molecule has 4 heteroatoms. The molecule has 130 valence electrons. The van der Waals surface area contributed by atoms with Crippen molar-refractivity contribution in [3.05, 3.63) is 71.8 Å². The molecule has 0 heterocycles. The molecule has 0 bridgehead atoms. The fraction of sp³-hybridized carbons (Fsp3) is 0.333. The van der Waals surface area contributed by atoms with Crippen LogP contribution in [0.3, 0.4) is 0 Å². The molecule has 0 spiro atoms. The van der Waals surface area contributed by atoms with Gasteiger partial charge in [-0.05, 0) is 36.5 Å². The first-order chi connectivity index (χ1) is 12.1. The van der Waals surface area contributed by atoms with Crippen LogP contribution in [0.25, 0.3) is 0 Å². The maximum Gasteiger partial charge on any atom is 0.303 e. The summed E-state index contributed by atoms with van der Waals surface area (Å²) in [5.41, 5.74) is 1.71. The lowest BCUT2D eigenvalue weighted by Crippen LogP contribution is -2.42. The number of rotatable bonds is 6. The quantitative estimate of drug-likeness (QED) is 0.867. The van der Waals surface area contributed by atoms with Crippen LogP contribution >= 0.6 is 0 Å². The Balaban J connectivity index is 1.88. The number of carboxylic acids is 1. The summed E-state index contributed by atoms with van der Waals surface area (Å²) in [4.78, 5) is 26.2. The monoisotopic (exact) mass is 337 g/mol. The van der Waals surface area contributed by atoms with E-state index >= 15 is 0 Å². The Labute approximate surface area is 148 Å². The lowest BCUT2D eigenvalue weighted by molar-refractivity contribution is -0.138. The summed E-state index contributed by atoms with van der Waals surface area (Å²) < 4.78 is 0. The van der Waals surface area contributed by atoms with E-state index in [0.29, 0.717) is 12.1 Å². The zero-order valence-electron chi connectivity index (χ0n) is 14.2. The molecule has 1 N–H and O–H groups in total. The Morgan fingerprint density at radius 1 is 0.960 bits per heavy atom. The molecule has 0 saturated heterocycles. The van der Waals surface area contributed by atoms with Crippen LogP contribution < -0.4 is 0 Å². The van der Waals surface area contributed by atoms with E-state index in [1.807, 2.05) is 65.6 Å². The van der Waals surface area contributed by atoms with Crippen molar-refractivity contribution in [1.82, 2.24) is 4.90 Å². The summed E-state index contributed by atoms with van der Waals surface area (Å²) in [7, 11) is 0. The number of carbonyl (C=O) groups excluding carboxylic acids is 1. The summed E-state index contributed by atoms with van der Waals surface area (Å²) in [6.07, 6.45) is 2.82. The highest BCUT2D eigenvalue weighted by Crippen LogP contribution is 2.34. The van der Waals surface area contributed by atoms with Crippen molar-refractivity contribution in [2.24, 2.45) is 5.92 Å². The van der Waals surface area contributed by atoms with Crippen molar-refractivity contribution in [2.75, 3.05) is 0 Å². The van der Waals surface area contributed by atoms with Crippen molar-refractivity contribution in [3.63, 3.8) is 0 Å². The second-order valence-electron chi connectivity index (χ2n) is 6.64. The zero-order chi connectivity index (χ0) is 17.6. The van der Waals surface area contributed by atoms with Gasteiger partial charge in [-0.2, -0.15) is 0 Å². The highest BCUT2D eigenvalue weighted by atomic mass is 16.4. The molecule has 1 amide bonds. The van der Waals surface area contributed by atoms with Crippen LogP contribution in [-0.2, 0) is 11.3 Å².